The molecule has 5 N–H and O–H groups in total. The first-order chi connectivity index (χ1) is 5.37. The molecule has 0 aliphatic carbocycles. The third kappa shape index (κ3) is 1.95. The van der Waals surface area contributed by atoms with Gasteiger partial charge in [-0.2, -0.15) is 0 Å². The quantitative estimate of drug-likeness (QED) is 0.453. The van der Waals surface area contributed by atoms with E-state index in [0.717, 1.165) is 0 Å². The standard InChI is InChI=1S/C8H19NO3/c1-4-7(9)8(12,5(2)10)6(3)11/h5-7,10-12H,4,9H2,1-3H3. The van der Waals surface area contributed by atoms with Crippen LogP contribution in [0.2, 0.25) is 0 Å². The SMILES string of the molecule is CCC(N)C(O)(C(C)O)C(C)O. The number of aliphatic hydroxyl groups excluding tert-OH is 2. The molecule has 0 spiro atoms. The van der Waals surface area contributed by atoms with Gasteiger partial charge in [0, 0.05) is 6.04 Å². The van der Waals surface area contributed by atoms with Crippen molar-refractivity contribution < 1.29 is 15.3 Å². The molecule has 0 saturated heterocycles. The van der Waals surface area contributed by atoms with E-state index in [1.165, 1.54) is 13.8 Å². The fourth-order valence-corrected chi connectivity index (χ4v) is 1.30. The Balaban J connectivity index is 4.61. The van der Waals surface area contributed by atoms with Gasteiger partial charge >= 0.3 is 0 Å². The Kier molecular flexibility index (Phi) is 4.13. The highest BCUT2D eigenvalue weighted by atomic mass is 16.4. The van der Waals surface area contributed by atoms with Crippen molar-refractivity contribution in [2.45, 2.75) is 51.0 Å². The van der Waals surface area contributed by atoms with Crippen LogP contribution >= 0.6 is 0 Å². The van der Waals surface area contributed by atoms with Gasteiger partial charge < -0.3 is 21.1 Å². The molecule has 0 aliphatic rings. The van der Waals surface area contributed by atoms with Crippen LogP contribution in [0.15, 0.2) is 0 Å². The van der Waals surface area contributed by atoms with Gasteiger partial charge in [-0.25, -0.2) is 0 Å². The molecule has 3 atom stereocenters. The van der Waals surface area contributed by atoms with Crippen molar-refractivity contribution in [3.63, 3.8) is 0 Å². The maximum absolute atomic E-state index is 9.81. The summed E-state index contributed by atoms with van der Waals surface area (Å²) < 4.78 is 0. The molecule has 3 unspecified atom stereocenters. The van der Waals surface area contributed by atoms with Crippen LogP contribution in [0.4, 0.5) is 0 Å². The van der Waals surface area contributed by atoms with Crippen molar-refractivity contribution in [3.05, 3.63) is 0 Å². The lowest BCUT2D eigenvalue weighted by atomic mass is 9.83. The second kappa shape index (κ2) is 4.18. The zero-order valence-electron chi connectivity index (χ0n) is 7.86. The van der Waals surface area contributed by atoms with E-state index in [9.17, 15) is 15.3 Å². The largest absolute Gasteiger partial charge is 0.390 e. The molecule has 0 radical (unpaired) electrons. The average molecular weight is 177 g/mol. The van der Waals surface area contributed by atoms with Crippen molar-refractivity contribution in [3.8, 4) is 0 Å². The van der Waals surface area contributed by atoms with Gasteiger partial charge in [0.2, 0.25) is 0 Å². The fourth-order valence-electron chi connectivity index (χ4n) is 1.30. The predicted octanol–water partition coefficient (Wildman–Crippen LogP) is -0.784. The van der Waals surface area contributed by atoms with Gasteiger partial charge in [-0.1, -0.05) is 6.92 Å². The van der Waals surface area contributed by atoms with Gasteiger partial charge in [-0.15, -0.1) is 0 Å². The third-order valence-corrected chi connectivity index (χ3v) is 2.37. The van der Waals surface area contributed by atoms with Crippen LogP contribution in [0.3, 0.4) is 0 Å². The van der Waals surface area contributed by atoms with Gasteiger partial charge in [-0.05, 0) is 20.3 Å². The van der Waals surface area contributed by atoms with E-state index in [4.69, 9.17) is 5.73 Å². The van der Waals surface area contributed by atoms with Gasteiger partial charge in [0.05, 0.1) is 12.2 Å². The normalized spacial score (nSPS) is 24.2. The molecule has 0 aromatic heterocycles. The first-order valence-electron chi connectivity index (χ1n) is 4.21. The zero-order valence-corrected chi connectivity index (χ0v) is 7.86. The Morgan fingerprint density at radius 1 is 1.25 bits per heavy atom. The molecule has 0 aromatic carbocycles. The lowest BCUT2D eigenvalue weighted by molar-refractivity contribution is -0.147. The van der Waals surface area contributed by atoms with Crippen LogP contribution in [0, 0.1) is 0 Å². The van der Waals surface area contributed by atoms with Crippen LogP contribution < -0.4 is 5.73 Å². The minimum absolute atomic E-state index is 0.506. The highest BCUT2D eigenvalue weighted by Gasteiger charge is 2.42. The van der Waals surface area contributed by atoms with E-state index in [-0.39, 0.29) is 0 Å². The Hall–Kier alpha value is -0.160. The number of aliphatic hydroxyl groups is 3. The van der Waals surface area contributed by atoms with E-state index >= 15 is 0 Å². The number of hydrogen-bond donors (Lipinski definition) is 4. The molecular formula is C8H19NO3. The van der Waals surface area contributed by atoms with Crippen LogP contribution in [-0.2, 0) is 0 Å². The van der Waals surface area contributed by atoms with E-state index in [1.54, 1.807) is 6.92 Å². The Morgan fingerprint density at radius 3 is 1.67 bits per heavy atom. The summed E-state index contributed by atoms with van der Waals surface area (Å²) in [5.41, 5.74) is 3.98. The molecule has 0 bridgehead atoms. The Morgan fingerprint density at radius 2 is 1.58 bits per heavy atom. The van der Waals surface area contributed by atoms with Crippen LogP contribution in [-0.4, -0.2) is 39.2 Å². The molecule has 0 fully saturated rings. The second-order valence-electron chi connectivity index (χ2n) is 3.25. The van der Waals surface area contributed by atoms with E-state index < -0.39 is 23.9 Å². The van der Waals surface area contributed by atoms with Crippen molar-refractivity contribution in [2.75, 3.05) is 0 Å². The molecule has 0 aliphatic heterocycles. The molecule has 4 nitrogen and oxygen atoms in total. The van der Waals surface area contributed by atoms with Crippen LogP contribution in [0.5, 0.6) is 0 Å². The number of nitrogens with two attached hydrogens (primary N) is 1. The van der Waals surface area contributed by atoms with Crippen molar-refractivity contribution in [1.82, 2.24) is 0 Å². The molecule has 0 amide bonds. The molecule has 0 rings (SSSR count). The van der Waals surface area contributed by atoms with Gasteiger partial charge in [0.15, 0.2) is 0 Å². The highest BCUT2D eigenvalue weighted by Crippen LogP contribution is 2.21. The smallest absolute Gasteiger partial charge is 0.131 e. The van der Waals surface area contributed by atoms with Gasteiger partial charge in [0.25, 0.3) is 0 Å². The Bertz CT molecular complexity index is 128. The van der Waals surface area contributed by atoms with Crippen molar-refractivity contribution in [2.24, 2.45) is 5.73 Å². The minimum Gasteiger partial charge on any atom is -0.390 e. The Labute approximate surface area is 73.0 Å². The molecule has 74 valence electrons. The van der Waals surface area contributed by atoms with E-state index in [2.05, 4.69) is 0 Å². The minimum atomic E-state index is -1.60. The van der Waals surface area contributed by atoms with Crippen LogP contribution in [0.1, 0.15) is 27.2 Å². The second-order valence-corrected chi connectivity index (χ2v) is 3.25. The lowest BCUT2D eigenvalue weighted by Crippen LogP contribution is -2.61. The first-order valence-corrected chi connectivity index (χ1v) is 4.21. The van der Waals surface area contributed by atoms with E-state index in [0.29, 0.717) is 6.42 Å². The molecular weight excluding hydrogens is 158 g/mol. The van der Waals surface area contributed by atoms with Crippen molar-refractivity contribution in [1.29, 1.82) is 0 Å². The predicted molar refractivity (Wildman–Crippen MR) is 46.6 cm³/mol. The summed E-state index contributed by atoms with van der Waals surface area (Å²) in [6.45, 7) is 4.63. The first kappa shape index (κ1) is 11.8. The van der Waals surface area contributed by atoms with E-state index in [1.807, 2.05) is 0 Å². The van der Waals surface area contributed by atoms with Crippen LogP contribution in [0.25, 0.3) is 0 Å². The average Bonchev–Trinajstić information content (AvgIpc) is 2.00. The molecule has 0 saturated carbocycles. The third-order valence-electron chi connectivity index (χ3n) is 2.37. The maximum atomic E-state index is 9.81. The zero-order chi connectivity index (χ0) is 9.94. The fraction of sp³-hybridized carbons (Fsp3) is 1.00. The molecule has 12 heavy (non-hydrogen) atoms. The monoisotopic (exact) mass is 177 g/mol. The maximum Gasteiger partial charge on any atom is 0.131 e. The van der Waals surface area contributed by atoms with Crippen molar-refractivity contribution >= 4 is 0 Å². The summed E-state index contributed by atoms with van der Waals surface area (Å²) in [6.07, 6.45) is -1.56. The van der Waals surface area contributed by atoms with Gasteiger partial charge in [0.1, 0.15) is 5.60 Å². The summed E-state index contributed by atoms with van der Waals surface area (Å²) in [7, 11) is 0. The summed E-state index contributed by atoms with van der Waals surface area (Å²) in [5.74, 6) is 0. The molecule has 0 heterocycles. The molecule has 4 heteroatoms. The summed E-state index contributed by atoms with van der Waals surface area (Å²) >= 11 is 0. The molecule has 0 aromatic rings. The highest BCUT2D eigenvalue weighted by molar-refractivity contribution is 4.97. The summed E-state index contributed by atoms with van der Waals surface area (Å²) in [6, 6.07) is -0.613. The summed E-state index contributed by atoms with van der Waals surface area (Å²) in [4.78, 5) is 0. The lowest BCUT2D eigenvalue weighted by Gasteiger charge is -2.38. The summed E-state index contributed by atoms with van der Waals surface area (Å²) in [5, 5.41) is 28.3. The van der Waals surface area contributed by atoms with Gasteiger partial charge in [-0.3, -0.25) is 0 Å². The number of hydrogen-bond acceptors (Lipinski definition) is 4. The topological polar surface area (TPSA) is 86.7 Å². The number of rotatable bonds is 4.